The van der Waals surface area contributed by atoms with E-state index in [9.17, 15) is 17.6 Å². The Balaban J connectivity index is 1.73. The molecule has 0 radical (unpaired) electrons. The molecule has 1 aliphatic heterocycles. The zero-order valence-corrected chi connectivity index (χ0v) is 31.5. The standard InChI is InChI=1S/C30H42BrF3N4O5SSi2/c1-45(2,3)13-11-42-19-36-18-24(23-15-21(31)16-35-30(23)36)29(39)27-25(33)7-8-26(28(27)34)38(20-43-12-14-46(4,5)6)44(40,41)37-10-9-22(32)17-37/h7-8,15-16,18,22H,9-14,17,19-20H2,1-6H3. The average molecular weight is 764 g/mol. The first-order valence-corrected chi connectivity index (χ1v) is 24.7. The Bertz CT molecular complexity index is 1680. The third kappa shape index (κ3) is 8.87. The monoisotopic (exact) mass is 762 g/mol. The number of fused-ring (bicyclic) bond motifs is 1. The van der Waals surface area contributed by atoms with Crippen LogP contribution in [-0.4, -0.2) is 83.4 Å². The largest absolute Gasteiger partial charge is 0.361 e. The number of ketones is 1. The van der Waals surface area contributed by atoms with Gasteiger partial charge in [-0.25, -0.2) is 22.5 Å². The number of rotatable bonds is 15. The molecule has 1 saturated heterocycles. The molecule has 3 heterocycles. The summed E-state index contributed by atoms with van der Waals surface area (Å²) in [6.07, 6.45) is 1.60. The lowest BCUT2D eigenvalue weighted by Gasteiger charge is -2.29. The van der Waals surface area contributed by atoms with Crippen LogP contribution in [0.15, 0.2) is 35.1 Å². The van der Waals surface area contributed by atoms with Crippen LogP contribution in [0.5, 0.6) is 0 Å². The number of alkyl halides is 1. The van der Waals surface area contributed by atoms with Crippen molar-refractivity contribution in [3.63, 3.8) is 0 Å². The first kappa shape index (κ1) is 36.7. The Morgan fingerprint density at radius 3 is 2.35 bits per heavy atom. The highest BCUT2D eigenvalue weighted by Crippen LogP contribution is 2.33. The number of ether oxygens (including phenoxy) is 2. The summed E-state index contributed by atoms with van der Waals surface area (Å²) in [5.74, 6) is -3.53. The van der Waals surface area contributed by atoms with E-state index in [4.69, 9.17) is 9.47 Å². The molecule has 1 aliphatic rings. The van der Waals surface area contributed by atoms with E-state index in [2.05, 4.69) is 60.2 Å². The van der Waals surface area contributed by atoms with Gasteiger partial charge in [-0.05, 0) is 52.6 Å². The number of carbonyl (C=O) groups is 1. The predicted molar refractivity (Wildman–Crippen MR) is 183 cm³/mol. The number of nitrogens with zero attached hydrogens (tertiary/aromatic N) is 4. The van der Waals surface area contributed by atoms with E-state index in [1.54, 1.807) is 16.8 Å². The highest BCUT2D eigenvalue weighted by atomic mass is 79.9. The Morgan fingerprint density at radius 2 is 1.74 bits per heavy atom. The van der Waals surface area contributed by atoms with Gasteiger partial charge >= 0.3 is 10.2 Å². The van der Waals surface area contributed by atoms with E-state index in [1.807, 2.05) is 0 Å². The number of hydrogen-bond donors (Lipinski definition) is 0. The van der Waals surface area contributed by atoms with Crippen LogP contribution in [0.2, 0.25) is 51.4 Å². The molecule has 16 heteroatoms. The molecule has 46 heavy (non-hydrogen) atoms. The van der Waals surface area contributed by atoms with Crippen molar-refractivity contribution in [1.29, 1.82) is 0 Å². The Kier molecular flexibility index (Phi) is 11.6. The number of pyridine rings is 1. The van der Waals surface area contributed by atoms with Gasteiger partial charge in [0.25, 0.3) is 0 Å². The summed E-state index contributed by atoms with van der Waals surface area (Å²) in [5, 5.41) is 0.336. The minimum absolute atomic E-state index is 0.00525. The maximum absolute atomic E-state index is 16.4. The number of hydrogen-bond acceptors (Lipinski definition) is 6. The Hall–Kier alpha value is -2.09. The molecule has 4 rings (SSSR count). The lowest BCUT2D eigenvalue weighted by molar-refractivity contribution is 0.0896. The van der Waals surface area contributed by atoms with E-state index in [-0.39, 0.29) is 31.9 Å². The number of anilines is 1. The molecule has 1 unspecified atom stereocenters. The van der Waals surface area contributed by atoms with E-state index >= 15 is 8.78 Å². The summed E-state index contributed by atoms with van der Waals surface area (Å²) < 4.78 is 88.5. The summed E-state index contributed by atoms with van der Waals surface area (Å²) in [6, 6.07) is 5.06. The van der Waals surface area contributed by atoms with Crippen molar-refractivity contribution in [2.75, 3.05) is 37.3 Å². The maximum Gasteiger partial charge on any atom is 0.306 e. The zero-order valence-electron chi connectivity index (χ0n) is 27.1. The van der Waals surface area contributed by atoms with Gasteiger partial charge < -0.3 is 14.0 Å². The van der Waals surface area contributed by atoms with Crippen LogP contribution < -0.4 is 4.31 Å². The van der Waals surface area contributed by atoms with Crippen LogP contribution in [0.4, 0.5) is 18.9 Å². The average Bonchev–Trinajstić information content (AvgIpc) is 3.54. The van der Waals surface area contributed by atoms with Crippen molar-refractivity contribution in [3.8, 4) is 0 Å². The van der Waals surface area contributed by atoms with Gasteiger partial charge in [-0.1, -0.05) is 39.3 Å². The molecule has 0 saturated carbocycles. The molecule has 0 spiro atoms. The quantitative estimate of drug-likeness (QED) is 0.0715. The molecule has 0 amide bonds. The smallest absolute Gasteiger partial charge is 0.306 e. The minimum atomic E-state index is -4.50. The fourth-order valence-electron chi connectivity index (χ4n) is 4.87. The molecule has 0 N–H and O–H groups in total. The van der Waals surface area contributed by atoms with Gasteiger partial charge in [-0.2, -0.15) is 12.7 Å². The van der Waals surface area contributed by atoms with E-state index in [0.717, 1.165) is 22.5 Å². The lowest BCUT2D eigenvalue weighted by Crippen LogP contribution is -2.45. The van der Waals surface area contributed by atoms with Crippen molar-refractivity contribution < 1.29 is 35.9 Å². The summed E-state index contributed by atoms with van der Waals surface area (Å²) in [4.78, 5) is 18.4. The van der Waals surface area contributed by atoms with Crippen LogP contribution in [0.3, 0.4) is 0 Å². The molecular formula is C30H42BrF3N4O5SSi2. The fraction of sp³-hybridized carbons (Fsp3) is 0.533. The molecule has 2 aromatic heterocycles. The molecule has 0 aliphatic carbocycles. The summed E-state index contributed by atoms with van der Waals surface area (Å²) in [6.45, 7) is 12.7. The van der Waals surface area contributed by atoms with E-state index in [1.165, 1.54) is 6.20 Å². The number of halogens is 4. The van der Waals surface area contributed by atoms with Crippen LogP contribution in [0.25, 0.3) is 11.0 Å². The number of carbonyl (C=O) groups excluding carboxylic acids is 1. The third-order valence-electron chi connectivity index (χ3n) is 7.62. The second-order valence-electron chi connectivity index (χ2n) is 13.9. The van der Waals surface area contributed by atoms with Gasteiger partial charge in [-0.15, -0.1) is 0 Å². The van der Waals surface area contributed by atoms with Crippen LogP contribution in [0.1, 0.15) is 22.3 Å². The predicted octanol–water partition coefficient (Wildman–Crippen LogP) is 7.03. The summed E-state index contributed by atoms with van der Waals surface area (Å²) in [7, 11) is -7.41. The topological polar surface area (TPSA) is 94.0 Å². The van der Waals surface area contributed by atoms with Crippen molar-refractivity contribution in [2.45, 2.75) is 70.7 Å². The lowest BCUT2D eigenvalue weighted by atomic mass is 10.0. The second-order valence-corrected chi connectivity index (χ2v) is 27.9. The first-order valence-electron chi connectivity index (χ1n) is 15.1. The number of aromatic nitrogens is 2. The highest BCUT2D eigenvalue weighted by molar-refractivity contribution is 9.10. The normalized spacial score (nSPS) is 16.4. The molecule has 9 nitrogen and oxygen atoms in total. The molecule has 254 valence electrons. The van der Waals surface area contributed by atoms with Gasteiger partial charge in [0.15, 0.2) is 5.82 Å². The Morgan fingerprint density at radius 1 is 1.09 bits per heavy atom. The van der Waals surface area contributed by atoms with Crippen molar-refractivity contribution in [2.24, 2.45) is 0 Å². The van der Waals surface area contributed by atoms with Gasteiger partial charge in [0, 0.05) is 64.7 Å². The third-order valence-corrected chi connectivity index (χ3v) is 13.3. The van der Waals surface area contributed by atoms with Crippen LogP contribution in [-0.2, 0) is 26.4 Å². The molecule has 1 atom stereocenters. The van der Waals surface area contributed by atoms with Gasteiger partial charge in [0.1, 0.15) is 31.1 Å². The summed E-state index contributed by atoms with van der Waals surface area (Å²) >= 11 is 3.35. The fourth-order valence-corrected chi connectivity index (χ4v) is 8.27. The van der Waals surface area contributed by atoms with Gasteiger partial charge in [0.05, 0.1) is 16.8 Å². The maximum atomic E-state index is 16.4. The van der Waals surface area contributed by atoms with E-state index in [0.29, 0.717) is 32.5 Å². The molecule has 3 aromatic rings. The molecular weight excluding hydrogens is 721 g/mol. The van der Waals surface area contributed by atoms with Crippen molar-refractivity contribution in [1.82, 2.24) is 13.9 Å². The SMILES string of the molecule is C[Si](C)(C)CCOCN(c1ccc(F)c(C(=O)c2cn(COCC[Si](C)(C)C)c3ncc(Br)cc23)c1F)S(=O)(=O)N1CCC(F)C1. The van der Waals surface area contributed by atoms with Crippen LogP contribution >= 0.6 is 15.9 Å². The zero-order chi connectivity index (χ0) is 34.0. The Labute approximate surface area is 279 Å². The van der Waals surface area contributed by atoms with E-state index < -0.39 is 74.5 Å². The molecule has 1 aromatic carbocycles. The molecule has 1 fully saturated rings. The van der Waals surface area contributed by atoms with Gasteiger partial charge in [0.2, 0.25) is 5.78 Å². The van der Waals surface area contributed by atoms with Crippen molar-refractivity contribution in [3.05, 3.63) is 57.8 Å². The minimum Gasteiger partial charge on any atom is -0.361 e. The van der Waals surface area contributed by atoms with Crippen LogP contribution in [0, 0.1) is 11.6 Å². The van der Waals surface area contributed by atoms with Crippen molar-refractivity contribution >= 4 is 64.8 Å². The highest BCUT2D eigenvalue weighted by Gasteiger charge is 2.38. The van der Waals surface area contributed by atoms with Gasteiger partial charge in [-0.3, -0.25) is 4.79 Å². The molecule has 0 bridgehead atoms. The first-order chi connectivity index (χ1) is 21.4. The summed E-state index contributed by atoms with van der Waals surface area (Å²) in [5.41, 5.74) is -1.15. The number of benzene rings is 1. The second kappa shape index (κ2) is 14.6.